The molecule has 0 amide bonds. The molecule has 0 spiro atoms. The molecular formula is C12H19NO17S2. The third-order valence-corrected chi connectivity index (χ3v) is 5.24. The van der Waals surface area contributed by atoms with Crippen LogP contribution in [-0.2, 0) is 43.9 Å². The van der Waals surface area contributed by atoms with Crippen molar-refractivity contribution in [3.05, 3.63) is 11.5 Å². The quantitative estimate of drug-likeness (QED) is 0.137. The molecule has 0 aliphatic carbocycles. The summed E-state index contributed by atoms with van der Waals surface area (Å²) < 4.78 is 82.3. The van der Waals surface area contributed by atoms with Crippen LogP contribution in [0.1, 0.15) is 0 Å². The van der Waals surface area contributed by atoms with E-state index in [0.29, 0.717) is 0 Å². The highest BCUT2D eigenvalue weighted by atomic mass is 32.3. The number of aliphatic hydroxyl groups excluding tert-OH is 5. The lowest BCUT2D eigenvalue weighted by atomic mass is 9.97. The normalized spacial score (nSPS) is 36.6. The predicted molar refractivity (Wildman–Crippen MR) is 91.9 cm³/mol. The first-order valence-electron chi connectivity index (χ1n) is 8.25. The first-order valence-corrected chi connectivity index (χ1v) is 11.1. The van der Waals surface area contributed by atoms with Crippen molar-refractivity contribution in [3.63, 3.8) is 0 Å². The van der Waals surface area contributed by atoms with E-state index in [1.165, 1.54) is 4.72 Å². The maximum Gasteiger partial charge on any atom is 0.397 e. The van der Waals surface area contributed by atoms with Crippen LogP contribution in [0.3, 0.4) is 0 Å². The SMILES string of the molecule is O=C(O)C1=C(O)[C@H](O)[C@@H](OS(=O)(=O)O)[C@H](O[C@H]2[C@H](O)[C@@H](NS(=O)(=O)O)[C@@H](O)O[C@@H]2CO)O1. The molecule has 8 atom stereocenters. The summed E-state index contributed by atoms with van der Waals surface area (Å²) in [7, 11) is -10.4. The number of aliphatic hydroxyl groups is 5. The first kappa shape index (κ1) is 26.6. The molecule has 1 fully saturated rings. The fourth-order valence-electron chi connectivity index (χ4n) is 2.89. The van der Waals surface area contributed by atoms with E-state index in [2.05, 4.69) is 4.18 Å². The molecule has 20 heteroatoms. The summed E-state index contributed by atoms with van der Waals surface area (Å²) in [5, 5.41) is 58.4. The zero-order valence-corrected chi connectivity index (χ0v) is 17.0. The van der Waals surface area contributed by atoms with Crippen LogP contribution in [0.4, 0.5) is 0 Å². The van der Waals surface area contributed by atoms with E-state index < -0.39 is 93.9 Å². The van der Waals surface area contributed by atoms with Crippen LogP contribution in [-0.4, -0.2) is 118 Å². The number of ether oxygens (including phenoxy) is 3. The molecule has 0 saturated carbocycles. The molecule has 186 valence electrons. The number of carbonyl (C=O) groups is 1. The highest BCUT2D eigenvalue weighted by molar-refractivity contribution is 7.83. The summed E-state index contributed by atoms with van der Waals surface area (Å²) in [6.45, 7) is -1.02. The Morgan fingerprint density at radius 1 is 1.09 bits per heavy atom. The molecule has 32 heavy (non-hydrogen) atoms. The highest BCUT2D eigenvalue weighted by Crippen LogP contribution is 2.31. The summed E-state index contributed by atoms with van der Waals surface area (Å²) >= 11 is 0. The van der Waals surface area contributed by atoms with Gasteiger partial charge in [0.1, 0.15) is 30.5 Å². The minimum atomic E-state index is -5.38. The first-order chi connectivity index (χ1) is 14.6. The van der Waals surface area contributed by atoms with Crippen LogP contribution in [0, 0.1) is 0 Å². The fourth-order valence-corrected chi connectivity index (χ4v) is 3.97. The van der Waals surface area contributed by atoms with E-state index in [0.717, 1.165) is 0 Å². The highest BCUT2D eigenvalue weighted by Gasteiger charge is 2.52. The number of hydrogen-bond acceptors (Lipinski definition) is 14. The van der Waals surface area contributed by atoms with Gasteiger partial charge in [0.2, 0.25) is 12.0 Å². The topological polar surface area (TPSA) is 296 Å². The molecule has 2 heterocycles. The molecule has 0 aromatic heterocycles. The van der Waals surface area contributed by atoms with Gasteiger partial charge in [0, 0.05) is 0 Å². The maximum atomic E-state index is 11.2. The van der Waals surface area contributed by atoms with E-state index >= 15 is 0 Å². The Labute approximate surface area is 179 Å². The minimum Gasteiger partial charge on any atom is -0.506 e. The van der Waals surface area contributed by atoms with Gasteiger partial charge < -0.3 is 44.8 Å². The molecule has 0 radical (unpaired) electrons. The van der Waals surface area contributed by atoms with Gasteiger partial charge in [0.15, 0.2) is 18.2 Å². The van der Waals surface area contributed by atoms with Crippen molar-refractivity contribution in [1.82, 2.24) is 4.72 Å². The molecule has 0 unspecified atom stereocenters. The number of rotatable bonds is 8. The second-order valence-electron chi connectivity index (χ2n) is 6.40. The van der Waals surface area contributed by atoms with Gasteiger partial charge in [-0.2, -0.15) is 21.6 Å². The number of nitrogens with one attached hydrogen (secondary N) is 1. The zero-order valence-electron chi connectivity index (χ0n) is 15.4. The summed E-state index contributed by atoms with van der Waals surface area (Å²) in [5.41, 5.74) is 0. The monoisotopic (exact) mass is 513 g/mol. The van der Waals surface area contributed by atoms with E-state index in [1.807, 2.05) is 0 Å². The van der Waals surface area contributed by atoms with Crippen molar-refractivity contribution < 1.29 is 79.8 Å². The fraction of sp³-hybridized carbons (Fsp3) is 0.750. The molecule has 2 rings (SSSR count). The number of carboxylic acid groups (broad SMARTS) is 1. The van der Waals surface area contributed by atoms with Gasteiger partial charge >= 0.3 is 26.7 Å². The Hall–Kier alpha value is -1.69. The van der Waals surface area contributed by atoms with Crippen molar-refractivity contribution in [1.29, 1.82) is 0 Å². The molecule has 0 aromatic carbocycles. The van der Waals surface area contributed by atoms with Gasteiger partial charge in [0.25, 0.3) is 0 Å². The zero-order chi connectivity index (χ0) is 24.6. The lowest BCUT2D eigenvalue weighted by Crippen LogP contribution is -2.66. The van der Waals surface area contributed by atoms with Crippen LogP contribution >= 0.6 is 0 Å². The molecule has 2 aliphatic heterocycles. The lowest BCUT2D eigenvalue weighted by Gasteiger charge is -2.44. The Morgan fingerprint density at radius 3 is 2.16 bits per heavy atom. The standard InChI is InChI=1S/C12H19NO17S2/c14-1-2-7(4(15)3(11(20)27-2)13-31(21,22)23)28-12-9(30-32(24,25)26)6(17)5(16)8(29-12)10(18)19/h2-4,6-7,9,11-17,20H,1H2,(H,18,19)(H,21,22,23)(H,24,25,26)/t2-,3-,4-,6+,7-,9-,11+,12-/m1/s1. The molecule has 1 saturated heterocycles. The smallest absolute Gasteiger partial charge is 0.397 e. The van der Waals surface area contributed by atoms with Crippen LogP contribution in [0.15, 0.2) is 11.5 Å². The van der Waals surface area contributed by atoms with Crippen LogP contribution in [0.25, 0.3) is 0 Å². The van der Waals surface area contributed by atoms with Gasteiger partial charge in [-0.05, 0) is 0 Å². The van der Waals surface area contributed by atoms with Crippen LogP contribution in [0.5, 0.6) is 0 Å². The number of carboxylic acids is 1. The van der Waals surface area contributed by atoms with E-state index in [-0.39, 0.29) is 0 Å². The Balaban J connectivity index is 2.42. The van der Waals surface area contributed by atoms with Crippen molar-refractivity contribution in [2.24, 2.45) is 0 Å². The molecule has 9 N–H and O–H groups in total. The van der Waals surface area contributed by atoms with E-state index in [4.69, 9.17) is 28.4 Å². The van der Waals surface area contributed by atoms with Crippen molar-refractivity contribution in [2.45, 2.75) is 49.1 Å². The van der Waals surface area contributed by atoms with Gasteiger partial charge in [0.05, 0.1) is 6.61 Å². The number of hydrogen-bond donors (Lipinski definition) is 9. The van der Waals surface area contributed by atoms with E-state index in [1.54, 1.807) is 0 Å². The lowest BCUT2D eigenvalue weighted by molar-refractivity contribution is -0.306. The second-order valence-corrected chi connectivity index (χ2v) is 8.63. The van der Waals surface area contributed by atoms with Crippen molar-refractivity contribution in [2.75, 3.05) is 6.61 Å². The maximum absolute atomic E-state index is 11.2. The van der Waals surface area contributed by atoms with Gasteiger partial charge in [-0.3, -0.25) is 9.11 Å². The van der Waals surface area contributed by atoms with Gasteiger partial charge in [-0.1, -0.05) is 0 Å². The molecular weight excluding hydrogens is 494 g/mol. The molecule has 18 nitrogen and oxygen atoms in total. The molecule has 0 aromatic rings. The number of aliphatic carboxylic acids is 1. The Morgan fingerprint density at radius 2 is 1.69 bits per heavy atom. The average Bonchev–Trinajstić information content (AvgIpc) is 2.64. The second kappa shape index (κ2) is 9.66. The molecule has 0 bridgehead atoms. The third-order valence-electron chi connectivity index (χ3n) is 4.20. The average molecular weight is 513 g/mol. The summed E-state index contributed by atoms with van der Waals surface area (Å²) in [6.07, 6.45) is -15.2. The van der Waals surface area contributed by atoms with Crippen molar-refractivity contribution in [3.8, 4) is 0 Å². The summed E-state index contributed by atoms with van der Waals surface area (Å²) in [4.78, 5) is 11.2. The Bertz CT molecular complexity index is 947. The minimum absolute atomic E-state index is 1.02. The van der Waals surface area contributed by atoms with E-state index in [9.17, 15) is 47.2 Å². The van der Waals surface area contributed by atoms with Gasteiger partial charge in [-0.15, -0.1) is 0 Å². The largest absolute Gasteiger partial charge is 0.506 e. The summed E-state index contributed by atoms with van der Waals surface area (Å²) in [5.74, 6) is -4.75. The van der Waals surface area contributed by atoms with Crippen LogP contribution in [0.2, 0.25) is 0 Å². The predicted octanol–water partition coefficient (Wildman–Crippen LogP) is -5.04. The molecule has 2 aliphatic rings. The Kier molecular flexibility index (Phi) is 8.02. The third kappa shape index (κ3) is 6.21. The van der Waals surface area contributed by atoms with Gasteiger partial charge in [-0.25, -0.2) is 8.98 Å². The van der Waals surface area contributed by atoms with Crippen molar-refractivity contribution >= 4 is 26.7 Å². The van der Waals surface area contributed by atoms with Crippen LogP contribution < -0.4 is 4.72 Å². The summed E-state index contributed by atoms with van der Waals surface area (Å²) in [6, 6.07) is -2.03.